The molecule has 0 saturated carbocycles. The van der Waals surface area contributed by atoms with Crippen molar-refractivity contribution < 1.29 is 23.7 Å². The van der Waals surface area contributed by atoms with E-state index in [1.165, 1.54) is 0 Å². The van der Waals surface area contributed by atoms with Crippen LogP contribution in [-0.2, 0) is 17.8 Å². The van der Waals surface area contributed by atoms with Crippen molar-refractivity contribution in [2.45, 2.75) is 13.1 Å². The van der Waals surface area contributed by atoms with Crippen LogP contribution < -0.4 is 24.3 Å². The van der Waals surface area contributed by atoms with Gasteiger partial charge in [-0.15, -0.1) is 0 Å². The predicted molar refractivity (Wildman–Crippen MR) is 105 cm³/mol. The maximum absolute atomic E-state index is 6.33. The molecule has 0 amide bonds. The fourth-order valence-corrected chi connectivity index (χ4v) is 2.77. The summed E-state index contributed by atoms with van der Waals surface area (Å²) in [5.74, 6) is 2.65. The van der Waals surface area contributed by atoms with Gasteiger partial charge in [0.25, 0.3) is 0 Å². The predicted octanol–water partition coefficient (Wildman–Crippen LogP) is 3.68. The third-order valence-electron chi connectivity index (χ3n) is 3.97. The van der Waals surface area contributed by atoms with Crippen molar-refractivity contribution >= 4 is 11.6 Å². The molecule has 2 aromatic carbocycles. The molecule has 148 valence electrons. The lowest BCUT2D eigenvalue weighted by Gasteiger charge is -2.14. The minimum atomic E-state index is 0.474. The summed E-state index contributed by atoms with van der Waals surface area (Å²) in [5, 5.41) is 4.00. The van der Waals surface area contributed by atoms with Crippen LogP contribution in [0.15, 0.2) is 30.3 Å². The monoisotopic (exact) mass is 395 g/mol. The highest BCUT2D eigenvalue weighted by atomic mass is 35.5. The van der Waals surface area contributed by atoms with Crippen molar-refractivity contribution in [2.24, 2.45) is 0 Å². The smallest absolute Gasteiger partial charge is 0.162 e. The molecule has 7 heteroatoms. The summed E-state index contributed by atoms with van der Waals surface area (Å²) in [6, 6.07) is 9.47. The molecule has 0 aliphatic carbocycles. The highest BCUT2D eigenvalue weighted by Crippen LogP contribution is 2.33. The van der Waals surface area contributed by atoms with E-state index < -0.39 is 0 Å². The molecular formula is C20H26ClNO5. The lowest BCUT2D eigenvalue weighted by atomic mass is 10.1. The van der Waals surface area contributed by atoms with Gasteiger partial charge in [0, 0.05) is 31.3 Å². The van der Waals surface area contributed by atoms with E-state index in [0.29, 0.717) is 54.3 Å². The Morgan fingerprint density at radius 1 is 0.778 bits per heavy atom. The van der Waals surface area contributed by atoms with Gasteiger partial charge in [0.05, 0.1) is 27.9 Å². The lowest BCUT2D eigenvalue weighted by Crippen LogP contribution is -2.13. The van der Waals surface area contributed by atoms with E-state index in [9.17, 15) is 0 Å². The average Bonchev–Trinajstić information content (AvgIpc) is 2.69. The first-order valence-electron chi connectivity index (χ1n) is 8.52. The van der Waals surface area contributed by atoms with Crippen LogP contribution in [0.5, 0.6) is 23.0 Å². The van der Waals surface area contributed by atoms with Crippen molar-refractivity contribution in [3.8, 4) is 23.0 Å². The highest BCUT2D eigenvalue weighted by molar-refractivity contribution is 6.31. The standard InChI is InChI=1S/C20H26ClNO5/c1-23-7-8-27-17-6-5-14(9-18(17)24-2)12-22-13-15-10-19(25-3)20(26-4)11-16(15)21/h5-6,9-11,22H,7-8,12-13H2,1-4H3. The van der Waals surface area contributed by atoms with E-state index in [0.717, 1.165) is 11.1 Å². The second-order valence-corrected chi connectivity index (χ2v) is 6.14. The molecule has 0 spiro atoms. The Morgan fingerprint density at radius 2 is 1.44 bits per heavy atom. The quantitative estimate of drug-likeness (QED) is 0.586. The van der Waals surface area contributed by atoms with Crippen LogP contribution in [0.2, 0.25) is 5.02 Å². The van der Waals surface area contributed by atoms with E-state index in [1.807, 2.05) is 24.3 Å². The SMILES string of the molecule is COCCOc1ccc(CNCc2cc(OC)c(OC)cc2Cl)cc1OC. The zero-order valence-electron chi connectivity index (χ0n) is 16.1. The molecule has 0 radical (unpaired) electrons. The van der Waals surface area contributed by atoms with E-state index in [-0.39, 0.29) is 0 Å². The van der Waals surface area contributed by atoms with Gasteiger partial charge in [-0.1, -0.05) is 17.7 Å². The maximum atomic E-state index is 6.33. The maximum Gasteiger partial charge on any atom is 0.162 e. The molecule has 0 saturated heterocycles. The van der Waals surface area contributed by atoms with Crippen molar-refractivity contribution in [2.75, 3.05) is 41.7 Å². The Kier molecular flexibility index (Phi) is 8.51. The molecule has 0 fully saturated rings. The number of hydrogen-bond donors (Lipinski definition) is 1. The molecule has 6 nitrogen and oxygen atoms in total. The number of methoxy groups -OCH3 is 4. The minimum Gasteiger partial charge on any atom is -0.493 e. The molecule has 0 bridgehead atoms. The first-order chi connectivity index (χ1) is 13.1. The Bertz CT molecular complexity index is 739. The van der Waals surface area contributed by atoms with Gasteiger partial charge >= 0.3 is 0 Å². The Morgan fingerprint density at radius 3 is 2.11 bits per heavy atom. The summed E-state index contributed by atoms with van der Waals surface area (Å²) in [7, 11) is 6.45. The Balaban J connectivity index is 1.99. The number of nitrogens with one attached hydrogen (secondary N) is 1. The summed E-state index contributed by atoms with van der Waals surface area (Å²) in [4.78, 5) is 0. The topological polar surface area (TPSA) is 58.2 Å². The van der Waals surface area contributed by atoms with Gasteiger partial charge in [-0.2, -0.15) is 0 Å². The molecular weight excluding hydrogens is 370 g/mol. The number of ether oxygens (including phenoxy) is 5. The van der Waals surface area contributed by atoms with E-state index in [1.54, 1.807) is 34.5 Å². The molecule has 0 heterocycles. The zero-order chi connectivity index (χ0) is 19.6. The van der Waals surface area contributed by atoms with Gasteiger partial charge in [0.15, 0.2) is 23.0 Å². The van der Waals surface area contributed by atoms with Crippen LogP contribution in [0.25, 0.3) is 0 Å². The number of halogens is 1. The Hall–Kier alpha value is -2.15. The van der Waals surface area contributed by atoms with Crippen molar-refractivity contribution in [3.63, 3.8) is 0 Å². The summed E-state index contributed by atoms with van der Waals surface area (Å²) >= 11 is 6.33. The molecule has 0 aliphatic heterocycles. The van der Waals surface area contributed by atoms with Crippen molar-refractivity contribution in [1.82, 2.24) is 5.32 Å². The molecule has 0 atom stereocenters. The van der Waals surface area contributed by atoms with Gasteiger partial charge in [0.2, 0.25) is 0 Å². The average molecular weight is 396 g/mol. The summed E-state index contributed by atoms with van der Waals surface area (Å²) in [5.41, 5.74) is 2.00. The van der Waals surface area contributed by atoms with Gasteiger partial charge in [0.1, 0.15) is 6.61 Å². The molecule has 2 rings (SSSR count). The third kappa shape index (κ3) is 5.92. The zero-order valence-corrected chi connectivity index (χ0v) is 16.9. The van der Waals surface area contributed by atoms with Crippen molar-refractivity contribution in [1.29, 1.82) is 0 Å². The molecule has 0 aromatic heterocycles. The van der Waals surface area contributed by atoms with Crippen LogP contribution in [0.3, 0.4) is 0 Å². The lowest BCUT2D eigenvalue weighted by molar-refractivity contribution is 0.144. The van der Waals surface area contributed by atoms with E-state index in [2.05, 4.69) is 5.32 Å². The van der Waals surface area contributed by atoms with E-state index >= 15 is 0 Å². The number of rotatable bonds is 11. The second-order valence-electron chi connectivity index (χ2n) is 5.73. The van der Waals surface area contributed by atoms with Crippen LogP contribution in [0.4, 0.5) is 0 Å². The van der Waals surface area contributed by atoms with Crippen LogP contribution >= 0.6 is 11.6 Å². The van der Waals surface area contributed by atoms with E-state index in [4.69, 9.17) is 35.3 Å². The largest absolute Gasteiger partial charge is 0.493 e. The fraction of sp³-hybridized carbons (Fsp3) is 0.400. The summed E-state index contributed by atoms with van der Waals surface area (Å²) < 4.78 is 26.6. The third-order valence-corrected chi connectivity index (χ3v) is 4.32. The molecule has 27 heavy (non-hydrogen) atoms. The van der Waals surface area contributed by atoms with Crippen LogP contribution in [-0.4, -0.2) is 41.7 Å². The molecule has 0 unspecified atom stereocenters. The normalized spacial score (nSPS) is 10.6. The van der Waals surface area contributed by atoms with Gasteiger partial charge in [-0.05, 0) is 29.3 Å². The fourth-order valence-electron chi connectivity index (χ4n) is 2.55. The van der Waals surface area contributed by atoms with Gasteiger partial charge < -0.3 is 29.0 Å². The molecule has 1 N–H and O–H groups in total. The molecule has 0 aliphatic rings. The number of benzene rings is 2. The first kappa shape index (κ1) is 21.2. The van der Waals surface area contributed by atoms with Crippen LogP contribution in [0, 0.1) is 0 Å². The highest BCUT2D eigenvalue weighted by Gasteiger charge is 2.10. The summed E-state index contributed by atoms with van der Waals surface area (Å²) in [6.45, 7) is 2.24. The molecule has 2 aromatic rings. The second kappa shape index (κ2) is 10.9. The van der Waals surface area contributed by atoms with Gasteiger partial charge in [-0.25, -0.2) is 0 Å². The Labute approximate surface area is 165 Å². The van der Waals surface area contributed by atoms with Gasteiger partial charge in [-0.3, -0.25) is 0 Å². The minimum absolute atomic E-state index is 0.474. The van der Waals surface area contributed by atoms with Crippen LogP contribution in [0.1, 0.15) is 11.1 Å². The summed E-state index contributed by atoms with van der Waals surface area (Å²) in [6.07, 6.45) is 0. The number of hydrogen-bond acceptors (Lipinski definition) is 6. The van der Waals surface area contributed by atoms with Crippen molar-refractivity contribution in [3.05, 3.63) is 46.5 Å². The first-order valence-corrected chi connectivity index (χ1v) is 8.90.